The fourth-order valence-corrected chi connectivity index (χ4v) is 2.01. The number of carboxylic acids is 1. The molecule has 0 saturated carbocycles. The third kappa shape index (κ3) is 4.75. The standard InChI is InChI=1S/C15H13N3O4S/c19-14(20)11-6-4-10(5-7-11)9-16-15(23)17-12-2-1-3-13(8-12)18(21)22/h1-8H,9H2,(H,19,20)(H2,16,17,23). The normalized spacial score (nSPS) is 9.91. The van der Waals surface area contributed by atoms with Crippen LogP contribution in [0.4, 0.5) is 11.4 Å². The van der Waals surface area contributed by atoms with Gasteiger partial charge in [-0.3, -0.25) is 10.1 Å². The van der Waals surface area contributed by atoms with E-state index in [1.54, 1.807) is 24.3 Å². The molecule has 0 aliphatic rings. The van der Waals surface area contributed by atoms with E-state index in [1.807, 2.05) is 0 Å². The molecule has 0 amide bonds. The second-order valence-corrected chi connectivity index (χ2v) is 5.03. The number of anilines is 1. The van der Waals surface area contributed by atoms with Gasteiger partial charge in [0.05, 0.1) is 10.5 Å². The SMILES string of the molecule is O=C(O)c1ccc(CNC(=S)Nc2cccc([N+](=O)[O-])c2)cc1. The Morgan fingerprint density at radius 3 is 2.52 bits per heavy atom. The molecular formula is C15H13N3O4S. The fourth-order valence-electron chi connectivity index (χ4n) is 1.82. The number of rotatable bonds is 5. The highest BCUT2D eigenvalue weighted by molar-refractivity contribution is 7.80. The van der Waals surface area contributed by atoms with E-state index in [9.17, 15) is 14.9 Å². The maximum Gasteiger partial charge on any atom is 0.335 e. The van der Waals surface area contributed by atoms with E-state index < -0.39 is 10.9 Å². The molecule has 8 heteroatoms. The second-order valence-electron chi connectivity index (χ2n) is 4.62. The predicted octanol–water partition coefficient (Wildman–Crippen LogP) is 2.78. The molecule has 0 aliphatic carbocycles. The van der Waals surface area contributed by atoms with Crippen LogP contribution in [-0.2, 0) is 6.54 Å². The molecule has 0 spiro atoms. The molecule has 0 heterocycles. The number of carboxylic acid groups (broad SMARTS) is 1. The topological polar surface area (TPSA) is 104 Å². The summed E-state index contributed by atoms with van der Waals surface area (Å²) in [6, 6.07) is 12.4. The summed E-state index contributed by atoms with van der Waals surface area (Å²) in [4.78, 5) is 21.0. The average molecular weight is 331 g/mol. The van der Waals surface area contributed by atoms with Crippen molar-refractivity contribution in [3.63, 3.8) is 0 Å². The van der Waals surface area contributed by atoms with Gasteiger partial charge in [-0.2, -0.15) is 0 Å². The van der Waals surface area contributed by atoms with Crippen molar-refractivity contribution >= 4 is 34.7 Å². The monoisotopic (exact) mass is 331 g/mol. The summed E-state index contributed by atoms with van der Waals surface area (Å²) in [5.74, 6) is -0.979. The summed E-state index contributed by atoms with van der Waals surface area (Å²) >= 11 is 5.13. The lowest BCUT2D eigenvalue weighted by molar-refractivity contribution is -0.384. The number of thiocarbonyl (C=S) groups is 1. The first kappa shape index (κ1) is 16.4. The Morgan fingerprint density at radius 1 is 1.22 bits per heavy atom. The number of hydrogen-bond acceptors (Lipinski definition) is 4. The summed E-state index contributed by atoms with van der Waals surface area (Å²) in [5, 5.41) is 25.7. The number of non-ortho nitro benzene ring substituents is 1. The molecule has 0 aliphatic heterocycles. The Kier molecular flexibility index (Phi) is 5.21. The first-order valence-corrected chi connectivity index (χ1v) is 6.98. The molecular weight excluding hydrogens is 318 g/mol. The van der Waals surface area contributed by atoms with Gasteiger partial charge < -0.3 is 15.7 Å². The number of nitrogens with one attached hydrogen (secondary N) is 2. The maximum absolute atomic E-state index is 10.8. The maximum atomic E-state index is 10.8. The number of aromatic carboxylic acids is 1. The van der Waals surface area contributed by atoms with Gasteiger partial charge in [0.15, 0.2) is 5.11 Å². The van der Waals surface area contributed by atoms with Crippen LogP contribution < -0.4 is 10.6 Å². The van der Waals surface area contributed by atoms with Gasteiger partial charge in [0.2, 0.25) is 0 Å². The second kappa shape index (κ2) is 7.32. The van der Waals surface area contributed by atoms with Crippen LogP contribution in [0.25, 0.3) is 0 Å². The highest BCUT2D eigenvalue weighted by Crippen LogP contribution is 2.16. The first-order chi connectivity index (χ1) is 11.0. The molecule has 2 aromatic carbocycles. The van der Waals surface area contributed by atoms with Crippen LogP contribution in [0.15, 0.2) is 48.5 Å². The number of benzene rings is 2. The van der Waals surface area contributed by atoms with Crippen LogP contribution in [-0.4, -0.2) is 21.1 Å². The Bertz CT molecular complexity index is 747. The zero-order valence-corrected chi connectivity index (χ0v) is 12.7. The summed E-state index contributed by atoms with van der Waals surface area (Å²) in [5.41, 5.74) is 1.56. The number of hydrogen-bond donors (Lipinski definition) is 3. The minimum absolute atomic E-state index is 0.0259. The highest BCUT2D eigenvalue weighted by atomic mass is 32.1. The van der Waals surface area contributed by atoms with Crippen molar-refractivity contribution in [3.05, 3.63) is 69.8 Å². The lowest BCUT2D eigenvalue weighted by Crippen LogP contribution is -2.27. The van der Waals surface area contributed by atoms with E-state index >= 15 is 0 Å². The van der Waals surface area contributed by atoms with Crippen LogP contribution in [0.5, 0.6) is 0 Å². The van der Waals surface area contributed by atoms with Crippen LogP contribution in [0.3, 0.4) is 0 Å². The molecule has 0 radical (unpaired) electrons. The largest absolute Gasteiger partial charge is 0.478 e. The Balaban J connectivity index is 1.91. The number of nitro benzene ring substituents is 1. The highest BCUT2D eigenvalue weighted by Gasteiger charge is 2.07. The van der Waals surface area contributed by atoms with Crippen LogP contribution in [0.1, 0.15) is 15.9 Å². The third-order valence-electron chi connectivity index (χ3n) is 2.97. The molecule has 0 atom stereocenters. The van der Waals surface area contributed by atoms with Crippen molar-refractivity contribution in [2.75, 3.05) is 5.32 Å². The van der Waals surface area contributed by atoms with Crippen molar-refractivity contribution in [1.82, 2.24) is 5.32 Å². The van der Waals surface area contributed by atoms with E-state index in [0.29, 0.717) is 17.3 Å². The molecule has 3 N–H and O–H groups in total. The summed E-state index contributed by atoms with van der Waals surface area (Å²) in [6.07, 6.45) is 0. The van der Waals surface area contributed by atoms with Gasteiger partial charge in [0, 0.05) is 24.4 Å². The summed E-state index contributed by atoms with van der Waals surface area (Å²) < 4.78 is 0. The molecule has 0 saturated heterocycles. The lowest BCUT2D eigenvalue weighted by Gasteiger charge is -2.10. The molecule has 0 aromatic heterocycles. The van der Waals surface area contributed by atoms with E-state index in [2.05, 4.69) is 10.6 Å². The summed E-state index contributed by atoms with van der Waals surface area (Å²) in [6.45, 7) is 0.403. The van der Waals surface area contributed by atoms with Gasteiger partial charge in [-0.15, -0.1) is 0 Å². The van der Waals surface area contributed by atoms with Crippen LogP contribution in [0, 0.1) is 10.1 Å². The van der Waals surface area contributed by atoms with E-state index in [-0.39, 0.29) is 11.3 Å². The van der Waals surface area contributed by atoms with Crippen molar-refractivity contribution in [2.45, 2.75) is 6.54 Å². The number of nitrogens with zero attached hydrogens (tertiary/aromatic N) is 1. The Morgan fingerprint density at radius 2 is 1.91 bits per heavy atom. The molecule has 2 rings (SSSR count). The van der Waals surface area contributed by atoms with Crippen LogP contribution >= 0.6 is 12.2 Å². The van der Waals surface area contributed by atoms with Gasteiger partial charge >= 0.3 is 5.97 Å². The van der Waals surface area contributed by atoms with Crippen molar-refractivity contribution < 1.29 is 14.8 Å². The number of carbonyl (C=O) groups is 1. The summed E-state index contributed by atoms with van der Waals surface area (Å²) in [7, 11) is 0. The zero-order valence-electron chi connectivity index (χ0n) is 11.9. The van der Waals surface area contributed by atoms with Crippen molar-refractivity contribution in [1.29, 1.82) is 0 Å². The molecule has 7 nitrogen and oxygen atoms in total. The van der Waals surface area contributed by atoms with Gasteiger partial charge in [-0.1, -0.05) is 18.2 Å². The molecule has 23 heavy (non-hydrogen) atoms. The quantitative estimate of drug-likeness (QED) is 0.439. The molecule has 0 unspecified atom stereocenters. The molecule has 0 fully saturated rings. The molecule has 2 aromatic rings. The van der Waals surface area contributed by atoms with E-state index in [0.717, 1.165) is 5.56 Å². The predicted molar refractivity (Wildman–Crippen MR) is 89.6 cm³/mol. The smallest absolute Gasteiger partial charge is 0.335 e. The van der Waals surface area contributed by atoms with Gasteiger partial charge in [-0.25, -0.2) is 4.79 Å². The van der Waals surface area contributed by atoms with Gasteiger partial charge in [0.1, 0.15) is 0 Å². The van der Waals surface area contributed by atoms with E-state index in [1.165, 1.54) is 24.3 Å². The number of nitro groups is 1. The Hall–Kier alpha value is -3.00. The Labute approximate surface area is 137 Å². The average Bonchev–Trinajstić information content (AvgIpc) is 2.53. The van der Waals surface area contributed by atoms with Crippen LogP contribution in [0.2, 0.25) is 0 Å². The molecule has 0 bridgehead atoms. The van der Waals surface area contributed by atoms with Crippen molar-refractivity contribution in [2.24, 2.45) is 0 Å². The van der Waals surface area contributed by atoms with Gasteiger partial charge in [0.25, 0.3) is 5.69 Å². The molecule has 118 valence electrons. The first-order valence-electron chi connectivity index (χ1n) is 6.57. The van der Waals surface area contributed by atoms with Gasteiger partial charge in [-0.05, 0) is 36.0 Å². The minimum atomic E-state index is -0.979. The lowest BCUT2D eigenvalue weighted by atomic mass is 10.1. The van der Waals surface area contributed by atoms with Crippen molar-refractivity contribution in [3.8, 4) is 0 Å². The van der Waals surface area contributed by atoms with E-state index in [4.69, 9.17) is 17.3 Å². The third-order valence-corrected chi connectivity index (χ3v) is 3.22. The zero-order chi connectivity index (χ0) is 16.8. The fraction of sp³-hybridized carbons (Fsp3) is 0.0667. The minimum Gasteiger partial charge on any atom is -0.478 e.